The van der Waals surface area contributed by atoms with Gasteiger partial charge >= 0.3 is 0 Å². The van der Waals surface area contributed by atoms with E-state index in [0.29, 0.717) is 24.2 Å². The Kier molecular flexibility index (Phi) is 3.75. The highest BCUT2D eigenvalue weighted by Gasteiger charge is 2.34. The van der Waals surface area contributed by atoms with Gasteiger partial charge in [0, 0.05) is 18.8 Å². The molecule has 2 rings (SSSR count). The Morgan fingerprint density at radius 3 is 2.84 bits per heavy atom. The van der Waals surface area contributed by atoms with Crippen molar-refractivity contribution in [1.82, 2.24) is 9.88 Å². The molecule has 0 saturated carbocycles. The molecule has 0 aliphatic carbocycles. The van der Waals surface area contributed by atoms with Gasteiger partial charge in [-0.05, 0) is 19.4 Å². The van der Waals surface area contributed by atoms with Crippen molar-refractivity contribution in [1.29, 1.82) is 0 Å². The van der Waals surface area contributed by atoms with Crippen LogP contribution in [0.4, 0.5) is 5.69 Å². The molecule has 7 heteroatoms. The average molecular weight is 283 g/mol. The second-order valence-corrected chi connectivity index (χ2v) is 6.84. The van der Waals surface area contributed by atoms with Crippen LogP contribution in [0.2, 0.25) is 0 Å². The molecular weight excluding hydrogens is 266 g/mol. The molecule has 1 aliphatic rings. The number of hydrogen-bond acceptors (Lipinski definition) is 5. The standard InChI is InChI=1S/C12H17N3O3S/c1-2-15(9-4-6-19(17,18)8-9)12(16)10-3-5-14-7-11(10)13/h3,5,7,9H,2,4,6,8,13H2,1H3. The van der Waals surface area contributed by atoms with Crippen molar-refractivity contribution in [2.75, 3.05) is 23.8 Å². The molecule has 6 nitrogen and oxygen atoms in total. The Bertz CT molecular complexity index is 586. The molecule has 2 N–H and O–H groups in total. The number of rotatable bonds is 3. The number of anilines is 1. The minimum Gasteiger partial charge on any atom is -0.397 e. The number of nitrogens with two attached hydrogens (primary N) is 1. The minimum absolute atomic E-state index is 0.0393. The molecule has 0 radical (unpaired) electrons. The van der Waals surface area contributed by atoms with Gasteiger partial charge in [0.25, 0.3) is 5.91 Å². The van der Waals surface area contributed by atoms with Gasteiger partial charge in [0.15, 0.2) is 9.84 Å². The number of carbonyl (C=O) groups is 1. The van der Waals surface area contributed by atoms with Gasteiger partial charge < -0.3 is 10.6 Å². The molecular formula is C12H17N3O3S. The molecule has 1 unspecified atom stereocenters. The van der Waals surface area contributed by atoms with Gasteiger partial charge in [0.1, 0.15) is 0 Å². The number of nitrogen functional groups attached to an aromatic ring is 1. The molecule has 1 atom stereocenters. The largest absolute Gasteiger partial charge is 0.397 e. The zero-order valence-corrected chi connectivity index (χ0v) is 11.6. The summed E-state index contributed by atoms with van der Waals surface area (Å²) in [5.74, 6) is -0.0466. The highest BCUT2D eigenvalue weighted by Crippen LogP contribution is 2.21. The van der Waals surface area contributed by atoms with Crippen LogP contribution in [0, 0.1) is 0 Å². The van der Waals surface area contributed by atoms with Crippen molar-refractivity contribution in [3.63, 3.8) is 0 Å². The maximum absolute atomic E-state index is 12.4. The van der Waals surface area contributed by atoms with Gasteiger partial charge in [-0.3, -0.25) is 9.78 Å². The Balaban J connectivity index is 2.24. The van der Waals surface area contributed by atoms with Gasteiger partial charge in [0.05, 0.1) is 29.0 Å². The maximum atomic E-state index is 12.4. The Labute approximate surface area is 112 Å². The molecule has 1 saturated heterocycles. The molecule has 0 spiro atoms. The Hall–Kier alpha value is -1.63. The quantitative estimate of drug-likeness (QED) is 0.862. The topological polar surface area (TPSA) is 93.4 Å². The van der Waals surface area contributed by atoms with Crippen LogP contribution in [-0.2, 0) is 9.84 Å². The van der Waals surface area contributed by atoms with E-state index in [9.17, 15) is 13.2 Å². The molecule has 19 heavy (non-hydrogen) atoms. The lowest BCUT2D eigenvalue weighted by Gasteiger charge is -2.27. The minimum atomic E-state index is -3.01. The summed E-state index contributed by atoms with van der Waals surface area (Å²) in [6.07, 6.45) is 3.42. The SMILES string of the molecule is CCN(C(=O)c1ccncc1N)C1CCS(=O)(=O)C1. The fourth-order valence-electron chi connectivity index (χ4n) is 2.34. The van der Waals surface area contributed by atoms with Crippen molar-refractivity contribution in [2.45, 2.75) is 19.4 Å². The summed E-state index contributed by atoms with van der Waals surface area (Å²) in [4.78, 5) is 17.8. The third-order valence-corrected chi connectivity index (χ3v) is 5.08. The van der Waals surface area contributed by atoms with E-state index in [-0.39, 0.29) is 23.5 Å². The van der Waals surface area contributed by atoms with Crippen molar-refractivity contribution in [3.8, 4) is 0 Å². The number of nitrogens with zero attached hydrogens (tertiary/aromatic N) is 2. The van der Waals surface area contributed by atoms with Crippen LogP contribution >= 0.6 is 0 Å². The summed E-state index contributed by atoms with van der Waals surface area (Å²) in [5, 5.41) is 0. The molecule has 1 aromatic rings. The monoisotopic (exact) mass is 283 g/mol. The fourth-order valence-corrected chi connectivity index (χ4v) is 4.08. The van der Waals surface area contributed by atoms with Crippen LogP contribution in [0.3, 0.4) is 0 Å². The molecule has 1 aliphatic heterocycles. The normalized spacial score (nSPS) is 21.2. The van der Waals surface area contributed by atoms with E-state index in [4.69, 9.17) is 5.73 Å². The summed E-state index contributed by atoms with van der Waals surface area (Å²) in [6, 6.07) is 1.30. The average Bonchev–Trinajstić information content (AvgIpc) is 2.71. The lowest BCUT2D eigenvalue weighted by atomic mass is 10.1. The van der Waals surface area contributed by atoms with Gasteiger partial charge in [0.2, 0.25) is 0 Å². The van der Waals surface area contributed by atoms with Gasteiger partial charge in [-0.1, -0.05) is 0 Å². The van der Waals surface area contributed by atoms with Crippen LogP contribution in [-0.4, -0.2) is 48.3 Å². The van der Waals surface area contributed by atoms with Crippen LogP contribution in [0.5, 0.6) is 0 Å². The lowest BCUT2D eigenvalue weighted by Crippen LogP contribution is -2.41. The van der Waals surface area contributed by atoms with E-state index in [2.05, 4.69) is 4.98 Å². The van der Waals surface area contributed by atoms with E-state index in [0.717, 1.165) is 0 Å². The predicted molar refractivity (Wildman–Crippen MR) is 72.4 cm³/mol. The lowest BCUT2D eigenvalue weighted by molar-refractivity contribution is 0.0709. The molecule has 1 aromatic heterocycles. The number of amides is 1. The van der Waals surface area contributed by atoms with E-state index in [1.165, 1.54) is 12.4 Å². The van der Waals surface area contributed by atoms with Crippen molar-refractivity contribution < 1.29 is 13.2 Å². The summed E-state index contributed by atoms with van der Waals surface area (Å²) >= 11 is 0. The summed E-state index contributed by atoms with van der Waals surface area (Å²) in [7, 11) is -3.01. The van der Waals surface area contributed by atoms with Crippen molar-refractivity contribution in [2.24, 2.45) is 0 Å². The van der Waals surface area contributed by atoms with Crippen LogP contribution in [0.25, 0.3) is 0 Å². The Morgan fingerprint density at radius 1 is 1.58 bits per heavy atom. The first-order valence-corrected chi connectivity index (χ1v) is 7.97. The number of sulfone groups is 1. The van der Waals surface area contributed by atoms with Crippen molar-refractivity contribution >= 4 is 21.4 Å². The van der Waals surface area contributed by atoms with E-state index >= 15 is 0 Å². The van der Waals surface area contributed by atoms with Gasteiger partial charge in [-0.15, -0.1) is 0 Å². The summed E-state index contributed by atoms with van der Waals surface area (Å²) in [6.45, 7) is 2.29. The fraction of sp³-hybridized carbons (Fsp3) is 0.500. The van der Waals surface area contributed by atoms with E-state index in [1.807, 2.05) is 6.92 Å². The number of hydrogen-bond donors (Lipinski definition) is 1. The van der Waals surface area contributed by atoms with E-state index < -0.39 is 9.84 Å². The highest BCUT2D eigenvalue weighted by molar-refractivity contribution is 7.91. The first-order valence-electron chi connectivity index (χ1n) is 6.15. The number of pyridine rings is 1. The van der Waals surface area contributed by atoms with Crippen LogP contribution < -0.4 is 5.73 Å². The zero-order valence-electron chi connectivity index (χ0n) is 10.7. The molecule has 1 amide bonds. The highest BCUT2D eigenvalue weighted by atomic mass is 32.2. The second-order valence-electron chi connectivity index (χ2n) is 4.61. The molecule has 104 valence electrons. The predicted octanol–water partition coefficient (Wildman–Crippen LogP) is 0.313. The smallest absolute Gasteiger partial charge is 0.256 e. The third-order valence-electron chi connectivity index (χ3n) is 3.33. The molecule has 0 aromatic carbocycles. The number of carbonyl (C=O) groups excluding carboxylic acids is 1. The molecule has 1 fully saturated rings. The molecule has 0 bridgehead atoms. The maximum Gasteiger partial charge on any atom is 0.256 e. The summed E-state index contributed by atoms with van der Waals surface area (Å²) < 4.78 is 23.0. The summed E-state index contributed by atoms with van der Waals surface area (Å²) in [5.41, 5.74) is 6.43. The first-order chi connectivity index (χ1) is 8.94. The van der Waals surface area contributed by atoms with Crippen molar-refractivity contribution in [3.05, 3.63) is 24.0 Å². The Morgan fingerprint density at radius 2 is 2.32 bits per heavy atom. The van der Waals surface area contributed by atoms with Gasteiger partial charge in [-0.25, -0.2) is 8.42 Å². The number of aromatic nitrogens is 1. The molecule has 2 heterocycles. The van der Waals surface area contributed by atoms with E-state index in [1.54, 1.807) is 11.0 Å². The third kappa shape index (κ3) is 2.86. The van der Waals surface area contributed by atoms with Crippen LogP contribution in [0.1, 0.15) is 23.7 Å². The van der Waals surface area contributed by atoms with Crippen LogP contribution in [0.15, 0.2) is 18.5 Å². The van der Waals surface area contributed by atoms with Gasteiger partial charge in [-0.2, -0.15) is 0 Å². The second kappa shape index (κ2) is 5.16. The zero-order chi connectivity index (χ0) is 14.0. The first kappa shape index (κ1) is 13.8.